The molecular weight excluding hydrogens is 618 g/mol. The monoisotopic (exact) mass is 681 g/mol. The van der Waals surface area contributed by atoms with Gasteiger partial charge < -0.3 is 32.9 Å². The summed E-state index contributed by atoms with van der Waals surface area (Å²) in [6.45, 7) is 17.1. The van der Waals surface area contributed by atoms with E-state index in [-0.39, 0.29) is 6.61 Å². The van der Waals surface area contributed by atoms with Crippen molar-refractivity contribution in [1.29, 1.82) is 0 Å². The Bertz CT molecular complexity index is 812. The van der Waals surface area contributed by atoms with Gasteiger partial charge in [-0.3, -0.25) is 0 Å². The molecule has 0 N–H and O–H groups in total. The van der Waals surface area contributed by atoms with Crippen LogP contribution in [0.5, 0.6) is 5.75 Å². The van der Waals surface area contributed by atoms with E-state index in [0.29, 0.717) is 39.6 Å². The lowest BCUT2D eigenvalue weighted by Gasteiger charge is -2.50. The second-order valence-electron chi connectivity index (χ2n) is 11.4. The van der Waals surface area contributed by atoms with Crippen molar-refractivity contribution in [3.63, 3.8) is 0 Å². The molecule has 0 aliphatic carbocycles. The zero-order valence-corrected chi connectivity index (χ0v) is 30.5. The fraction of sp³-hybridized carbons (Fsp3) is 0.824. The molecule has 0 saturated carbocycles. The third-order valence-corrected chi connectivity index (χ3v) is 7.68. The quantitative estimate of drug-likeness (QED) is 0.0734. The molecule has 0 aliphatic heterocycles. The summed E-state index contributed by atoms with van der Waals surface area (Å²) in [6, 6.07) is 9.74. The molecule has 0 bridgehead atoms. The molecular formula is C34H64ClNO10. The van der Waals surface area contributed by atoms with Crippen molar-refractivity contribution in [3.05, 3.63) is 30.3 Å². The lowest BCUT2D eigenvalue weighted by Crippen LogP contribution is -2.70. The van der Waals surface area contributed by atoms with E-state index in [1.165, 1.54) is 57.8 Å². The Balaban J connectivity index is 0.00000373. The van der Waals surface area contributed by atoms with E-state index in [4.69, 9.17) is 47.1 Å². The number of nitrogens with zero attached hydrogens (tertiary/aromatic N) is 1. The molecule has 0 amide bonds. The molecule has 11 nitrogen and oxygen atoms in total. The van der Waals surface area contributed by atoms with Crippen molar-refractivity contribution >= 4 is 0 Å². The Morgan fingerprint density at radius 1 is 0.609 bits per heavy atom. The van der Waals surface area contributed by atoms with Crippen LogP contribution in [-0.2, 0) is 23.7 Å². The summed E-state index contributed by atoms with van der Waals surface area (Å²) in [4.78, 5) is 0. The van der Waals surface area contributed by atoms with Gasteiger partial charge in [0.1, 0.15) is 18.9 Å². The highest BCUT2D eigenvalue weighted by atomic mass is 35.7. The van der Waals surface area contributed by atoms with Crippen molar-refractivity contribution in [1.82, 2.24) is 0 Å². The molecule has 1 atom stereocenters. The third-order valence-electron chi connectivity index (χ3n) is 7.68. The minimum Gasteiger partial charge on any atom is -0.491 e. The van der Waals surface area contributed by atoms with Crippen LogP contribution in [-0.4, -0.2) is 82.6 Å². The average Bonchev–Trinajstić information content (AvgIpc) is 3.00. The van der Waals surface area contributed by atoms with Gasteiger partial charge in [0.15, 0.2) is 0 Å². The maximum absolute atomic E-state index is 8.49. The molecule has 0 aromatic heterocycles. The third kappa shape index (κ3) is 19.7. The van der Waals surface area contributed by atoms with Crippen LogP contribution in [0.3, 0.4) is 0 Å². The first-order valence-corrected chi connectivity index (χ1v) is 18.5. The van der Waals surface area contributed by atoms with Crippen molar-refractivity contribution < 1.29 is 61.8 Å². The van der Waals surface area contributed by atoms with Crippen molar-refractivity contribution in [2.75, 3.05) is 66.3 Å². The molecule has 1 aromatic carbocycles. The van der Waals surface area contributed by atoms with Gasteiger partial charge >= 0.3 is 11.8 Å². The fourth-order valence-electron chi connectivity index (χ4n) is 5.39. The molecule has 46 heavy (non-hydrogen) atoms. The lowest BCUT2D eigenvalue weighted by molar-refractivity contribution is -2.00. The highest BCUT2D eigenvalue weighted by molar-refractivity contribution is 5.20. The van der Waals surface area contributed by atoms with Crippen LogP contribution in [0, 0.1) is 10.2 Å². The van der Waals surface area contributed by atoms with E-state index in [2.05, 4.69) is 20.9 Å². The summed E-state index contributed by atoms with van der Waals surface area (Å²) in [6.07, 6.45) is 13.2. The molecule has 272 valence electrons. The summed E-state index contributed by atoms with van der Waals surface area (Å²) < 4.78 is 72.8. The maximum atomic E-state index is 8.49. The first-order chi connectivity index (χ1) is 21.9. The van der Waals surface area contributed by atoms with E-state index in [1.54, 1.807) is 0 Å². The smallest absolute Gasteiger partial charge is 0.346 e. The van der Waals surface area contributed by atoms with Gasteiger partial charge in [-0.2, -0.15) is 0 Å². The Morgan fingerprint density at radius 3 is 1.50 bits per heavy atom. The fourth-order valence-corrected chi connectivity index (χ4v) is 5.39. The van der Waals surface area contributed by atoms with E-state index < -0.39 is 22.0 Å². The molecule has 0 aliphatic rings. The van der Waals surface area contributed by atoms with Crippen LogP contribution in [0.15, 0.2) is 30.3 Å². The standard InChI is InChI=1S/C34H64NO6.ClHO4/c1-8-14-15-16-17-18-19-20-21-25-28-35(7,9-2)31-33(37-10-3,38-11-4)34(39-12-5,40-13-6)41-30-29-36-32-26-23-22-24-27-32;2-1(3,4)5/h22-24,26-27H,8-21,25,28-31H2,1-7H3;(H,2,3,4,5)/q+1;/p-1. The van der Waals surface area contributed by atoms with Crippen LogP contribution in [0.4, 0.5) is 0 Å². The molecule has 0 fully saturated rings. The molecule has 0 saturated heterocycles. The van der Waals surface area contributed by atoms with Crippen LogP contribution in [0.25, 0.3) is 0 Å². The van der Waals surface area contributed by atoms with Gasteiger partial charge in [0, 0.05) is 26.4 Å². The minimum atomic E-state index is -4.94. The maximum Gasteiger partial charge on any atom is 0.346 e. The van der Waals surface area contributed by atoms with Gasteiger partial charge in [-0.1, -0.05) is 76.5 Å². The second-order valence-corrected chi connectivity index (χ2v) is 12.2. The number of benzene rings is 1. The Morgan fingerprint density at radius 2 is 1.07 bits per heavy atom. The number of halogens is 1. The molecule has 1 unspecified atom stereocenters. The van der Waals surface area contributed by atoms with Crippen molar-refractivity contribution in [2.45, 2.75) is 118 Å². The normalized spacial score (nSPS) is 13.6. The van der Waals surface area contributed by atoms with Crippen molar-refractivity contribution in [3.8, 4) is 5.75 Å². The number of hydrogen-bond acceptors (Lipinski definition) is 10. The van der Waals surface area contributed by atoms with Gasteiger partial charge in [0.2, 0.25) is 0 Å². The highest BCUT2D eigenvalue weighted by Crippen LogP contribution is 2.37. The Labute approximate surface area is 281 Å². The molecule has 1 rings (SSSR count). The number of quaternary nitrogens is 1. The van der Waals surface area contributed by atoms with Crippen LogP contribution >= 0.6 is 0 Å². The van der Waals surface area contributed by atoms with E-state index in [9.17, 15) is 0 Å². The number of ether oxygens (including phenoxy) is 6. The van der Waals surface area contributed by atoms with Crippen LogP contribution < -0.4 is 23.4 Å². The Hall–Kier alpha value is -1.09. The minimum absolute atomic E-state index is 0.255. The Kier molecular flexibility index (Phi) is 25.3. The molecule has 0 spiro atoms. The predicted octanol–water partition coefficient (Wildman–Crippen LogP) is 3.21. The summed E-state index contributed by atoms with van der Waals surface area (Å²) in [7, 11) is -2.66. The van der Waals surface area contributed by atoms with Gasteiger partial charge in [0.05, 0.1) is 26.7 Å². The summed E-state index contributed by atoms with van der Waals surface area (Å²) in [5.41, 5.74) is 0. The zero-order valence-electron chi connectivity index (χ0n) is 29.7. The topological polar surface area (TPSA) is 148 Å². The average molecular weight is 682 g/mol. The van der Waals surface area contributed by atoms with Crippen molar-refractivity contribution in [2.24, 2.45) is 0 Å². The summed E-state index contributed by atoms with van der Waals surface area (Å²) >= 11 is 0. The number of unbranched alkanes of at least 4 members (excludes halogenated alkanes) is 9. The van der Waals surface area contributed by atoms with Gasteiger partial charge in [0.25, 0.3) is 0 Å². The van der Waals surface area contributed by atoms with Crippen LogP contribution in [0.1, 0.15) is 106 Å². The molecule has 0 heterocycles. The highest BCUT2D eigenvalue weighted by Gasteiger charge is 2.62. The molecule has 1 aromatic rings. The molecule has 12 heteroatoms. The first-order valence-electron chi connectivity index (χ1n) is 17.2. The SMILES string of the molecule is CCCCCCCCCCCC[N+](C)(CC)CC(OCC)(OCC)C(OCC)(OCC)OCCOc1ccccc1.[O-][Cl+3]([O-])([O-])[O-]. The van der Waals surface area contributed by atoms with E-state index >= 15 is 0 Å². The number of hydrogen-bond donors (Lipinski definition) is 0. The first kappa shape index (κ1) is 44.9. The van der Waals surface area contributed by atoms with Gasteiger partial charge in [-0.05, 0) is 59.6 Å². The largest absolute Gasteiger partial charge is 0.491 e. The molecule has 0 radical (unpaired) electrons. The lowest BCUT2D eigenvalue weighted by atomic mass is 10.1. The van der Waals surface area contributed by atoms with E-state index in [1.807, 2.05) is 58.0 Å². The van der Waals surface area contributed by atoms with Gasteiger partial charge in [-0.25, -0.2) is 18.6 Å². The zero-order chi connectivity index (χ0) is 34.8. The second kappa shape index (κ2) is 25.9. The number of likely N-dealkylation sites (N-methyl/N-ethyl adjacent to an activating group) is 1. The van der Waals surface area contributed by atoms with Gasteiger partial charge in [-0.15, -0.1) is 10.2 Å². The van der Waals surface area contributed by atoms with Crippen LogP contribution in [0.2, 0.25) is 0 Å². The number of rotatable bonds is 28. The van der Waals surface area contributed by atoms with E-state index in [0.717, 1.165) is 29.7 Å². The number of para-hydroxylation sites is 1. The summed E-state index contributed by atoms with van der Waals surface area (Å²) in [5, 5.41) is 0. The predicted molar refractivity (Wildman–Crippen MR) is 168 cm³/mol. The summed E-state index contributed by atoms with van der Waals surface area (Å²) in [5.74, 6) is -1.99.